The zero-order chi connectivity index (χ0) is 14.8. The van der Waals surface area contributed by atoms with Gasteiger partial charge in [0.1, 0.15) is 0 Å². The van der Waals surface area contributed by atoms with Crippen molar-refractivity contribution in [3.05, 3.63) is 20.8 Å². The molecule has 2 heterocycles. The van der Waals surface area contributed by atoms with Gasteiger partial charge in [-0.2, -0.15) is 0 Å². The summed E-state index contributed by atoms with van der Waals surface area (Å²) in [7, 11) is 0. The van der Waals surface area contributed by atoms with Crippen LogP contribution in [0.4, 0.5) is 0 Å². The Morgan fingerprint density at radius 1 is 1.45 bits per heavy atom. The van der Waals surface area contributed by atoms with E-state index in [1.165, 1.54) is 11.3 Å². The lowest BCUT2D eigenvalue weighted by molar-refractivity contribution is -0.152. The van der Waals surface area contributed by atoms with Crippen LogP contribution in [-0.2, 0) is 4.79 Å². The molecular weight excluding hydrogens is 342 g/mol. The normalized spacial score (nSPS) is 18.0. The lowest BCUT2D eigenvalue weighted by atomic mass is 9.75. The Bertz CT molecular complexity index is 506. The van der Waals surface area contributed by atoms with Crippen LogP contribution < -0.4 is 0 Å². The number of rotatable bonds is 4. The number of nitrogens with zero attached hydrogens (tertiary/aromatic N) is 1. The summed E-state index contributed by atoms with van der Waals surface area (Å²) in [5, 5.41) is 11.3. The van der Waals surface area contributed by atoms with Gasteiger partial charge in [0, 0.05) is 18.5 Å². The van der Waals surface area contributed by atoms with E-state index in [4.69, 9.17) is 0 Å². The van der Waals surface area contributed by atoms with Crippen LogP contribution in [-0.4, -0.2) is 35.0 Å². The zero-order valence-corrected chi connectivity index (χ0v) is 13.8. The molecule has 110 valence electrons. The van der Waals surface area contributed by atoms with Crippen molar-refractivity contribution in [3.8, 4) is 0 Å². The first-order chi connectivity index (χ1) is 9.48. The maximum Gasteiger partial charge on any atom is 0.309 e. The number of hydrogen-bond acceptors (Lipinski definition) is 3. The van der Waals surface area contributed by atoms with E-state index in [1.54, 1.807) is 4.90 Å². The van der Waals surface area contributed by atoms with E-state index in [2.05, 4.69) is 15.9 Å². The minimum atomic E-state index is -0.718. The molecule has 1 saturated heterocycles. The molecule has 0 atom stereocenters. The molecular formula is C14H18BrNO3S. The van der Waals surface area contributed by atoms with E-state index >= 15 is 0 Å². The molecule has 1 aliphatic heterocycles. The predicted octanol–water partition coefficient (Wildman–Crippen LogP) is 3.62. The van der Waals surface area contributed by atoms with Crippen LogP contribution in [0.15, 0.2) is 15.2 Å². The molecule has 1 aromatic rings. The Morgan fingerprint density at radius 3 is 2.55 bits per heavy atom. The van der Waals surface area contributed by atoms with Crippen molar-refractivity contribution < 1.29 is 14.7 Å². The SMILES string of the molecule is CCCC1(C(=O)O)CCN(C(=O)c2csc(Br)c2)CC1. The third-order valence-electron chi connectivity index (χ3n) is 4.00. The fraction of sp³-hybridized carbons (Fsp3) is 0.571. The van der Waals surface area contributed by atoms with Crippen LogP contribution in [0.5, 0.6) is 0 Å². The molecule has 1 aliphatic rings. The predicted molar refractivity (Wildman–Crippen MR) is 82.1 cm³/mol. The van der Waals surface area contributed by atoms with Crippen molar-refractivity contribution >= 4 is 39.1 Å². The maximum atomic E-state index is 12.3. The second-order valence-corrected chi connectivity index (χ2v) is 7.56. The van der Waals surface area contributed by atoms with E-state index in [0.717, 1.165) is 10.2 Å². The summed E-state index contributed by atoms with van der Waals surface area (Å²) in [5.41, 5.74) is 0.0426. The molecule has 0 aromatic carbocycles. The number of carboxylic acid groups (broad SMARTS) is 1. The molecule has 0 unspecified atom stereocenters. The number of carbonyl (C=O) groups excluding carboxylic acids is 1. The van der Waals surface area contributed by atoms with Crippen molar-refractivity contribution in [2.24, 2.45) is 5.41 Å². The molecule has 1 aromatic heterocycles. The van der Waals surface area contributed by atoms with Gasteiger partial charge >= 0.3 is 5.97 Å². The number of amides is 1. The Labute approximate surface area is 130 Å². The molecule has 1 amide bonds. The number of aliphatic carboxylic acids is 1. The summed E-state index contributed by atoms with van der Waals surface area (Å²) in [6.45, 7) is 3.06. The summed E-state index contributed by atoms with van der Waals surface area (Å²) >= 11 is 4.84. The van der Waals surface area contributed by atoms with Gasteiger partial charge in [-0.1, -0.05) is 13.3 Å². The Hall–Kier alpha value is -0.880. The molecule has 0 bridgehead atoms. The van der Waals surface area contributed by atoms with Gasteiger partial charge in [0.15, 0.2) is 0 Å². The van der Waals surface area contributed by atoms with Crippen molar-refractivity contribution in [3.63, 3.8) is 0 Å². The van der Waals surface area contributed by atoms with Crippen LogP contribution in [0.2, 0.25) is 0 Å². The molecule has 0 aliphatic carbocycles. The van der Waals surface area contributed by atoms with Crippen molar-refractivity contribution in [2.75, 3.05) is 13.1 Å². The fourth-order valence-corrected chi connectivity index (χ4v) is 3.92. The quantitative estimate of drug-likeness (QED) is 0.892. The summed E-state index contributed by atoms with van der Waals surface area (Å²) < 4.78 is 0.934. The highest BCUT2D eigenvalue weighted by Gasteiger charge is 2.41. The second kappa shape index (κ2) is 6.26. The topological polar surface area (TPSA) is 57.6 Å². The number of carboxylic acids is 1. The van der Waals surface area contributed by atoms with Crippen LogP contribution in [0, 0.1) is 5.41 Å². The number of hydrogen-bond donors (Lipinski definition) is 1. The van der Waals surface area contributed by atoms with E-state index < -0.39 is 11.4 Å². The van der Waals surface area contributed by atoms with Gasteiger partial charge in [-0.05, 0) is 41.3 Å². The smallest absolute Gasteiger partial charge is 0.309 e. The molecule has 1 N–H and O–H groups in total. The van der Waals surface area contributed by atoms with Crippen molar-refractivity contribution in [1.29, 1.82) is 0 Å². The largest absolute Gasteiger partial charge is 0.481 e. The van der Waals surface area contributed by atoms with Crippen LogP contribution in [0.25, 0.3) is 0 Å². The molecule has 0 spiro atoms. The van der Waals surface area contributed by atoms with E-state index in [-0.39, 0.29) is 5.91 Å². The van der Waals surface area contributed by atoms with E-state index in [9.17, 15) is 14.7 Å². The van der Waals surface area contributed by atoms with E-state index in [1.807, 2.05) is 18.4 Å². The van der Waals surface area contributed by atoms with Gasteiger partial charge in [0.25, 0.3) is 5.91 Å². The van der Waals surface area contributed by atoms with Gasteiger partial charge in [-0.15, -0.1) is 11.3 Å². The maximum absolute atomic E-state index is 12.3. The fourth-order valence-electron chi connectivity index (χ4n) is 2.79. The zero-order valence-electron chi connectivity index (χ0n) is 11.4. The van der Waals surface area contributed by atoms with E-state index in [0.29, 0.717) is 37.9 Å². The number of thiophene rings is 1. The Balaban J connectivity index is 2.03. The number of likely N-dealkylation sites (tertiary alicyclic amines) is 1. The lowest BCUT2D eigenvalue weighted by Gasteiger charge is -2.38. The van der Waals surface area contributed by atoms with Gasteiger partial charge in [-0.25, -0.2) is 0 Å². The highest BCUT2D eigenvalue weighted by Crippen LogP contribution is 2.37. The first-order valence-corrected chi connectivity index (χ1v) is 8.42. The minimum absolute atomic E-state index is 0.00226. The third kappa shape index (κ3) is 3.06. The number of piperidine rings is 1. The van der Waals surface area contributed by atoms with Crippen molar-refractivity contribution in [2.45, 2.75) is 32.6 Å². The highest BCUT2D eigenvalue weighted by molar-refractivity contribution is 9.11. The molecule has 2 rings (SSSR count). The molecule has 0 radical (unpaired) electrons. The average Bonchev–Trinajstić information content (AvgIpc) is 2.85. The minimum Gasteiger partial charge on any atom is -0.481 e. The summed E-state index contributed by atoms with van der Waals surface area (Å²) in [6.07, 6.45) is 2.65. The van der Waals surface area contributed by atoms with Gasteiger partial charge in [0.05, 0.1) is 14.8 Å². The third-order valence-corrected chi connectivity index (χ3v) is 5.51. The monoisotopic (exact) mass is 359 g/mol. The summed E-state index contributed by atoms with van der Waals surface area (Å²) in [6, 6.07) is 1.82. The molecule has 4 nitrogen and oxygen atoms in total. The lowest BCUT2D eigenvalue weighted by Crippen LogP contribution is -2.46. The average molecular weight is 360 g/mol. The van der Waals surface area contributed by atoms with Gasteiger partial charge in [-0.3, -0.25) is 9.59 Å². The summed E-state index contributed by atoms with van der Waals surface area (Å²) in [4.78, 5) is 25.6. The molecule has 6 heteroatoms. The standard InChI is InChI=1S/C14H18BrNO3S/c1-2-3-14(13(18)19)4-6-16(7-5-14)12(17)10-8-11(15)20-9-10/h8-9H,2-7H2,1H3,(H,18,19). The highest BCUT2D eigenvalue weighted by atomic mass is 79.9. The van der Waals surface area contributed by atoms with Crippen LogP contribution in [0.3, 0.4) is 0 Å². The molecule has 20 heavy (non-hydrogen) atoms. The molecule has 0 saturated carbocycles. The van der Waals surface area contributed by atoms with Gasteiger partial charge < -0.3 is 10.0 Å². The van der Waals surface area contributed by atoms with Gasteiger partial charge in [0.2, 0.25) is 0 Å². The number of carbonyl (C=O) groups is 2. The first kappa shape index (κ1) is 15.5. The van der Waals surface area contributed by atoms with Crippen molar-refractivity contribution in [1.82, 2.24) is 4.90 Å². The molecule has 1 fully saturated rings. The van der Waals surface area contributed by atoms with Crippen LogP contribution >= 0.6 is 27.3 Å². The number of halogens is 1. The second-order valence-electron chi connectivity index (χ2n) is 5.27. The van der Waals surface area contributed by atoms with Crippen LogP contribution in [0.1, 0.15) is 43.0 Å². The Morgan fingerprint density at radius 2 is 2.10 bits per heavy atom. The summed E-state index contributed by atoms with van der Waals surface area (Å²) in [5.74, 6) is -0.716. The Kier molecular flexibility index (Phi) is 4.86. The first-order valence-electron chi connectivity index (χ1n) is 6.75.